The van der Waals surface area contributed by atoms with Crippen molar-refractivity contribution in [3.63, 3.8) is 0 Å². The van der Waals surface area contributed by atoms with Gasteiger partial charge in [0.15, 0.2) is 29.1 Å². The molecule has 0 spiro atoms. The summed E-state index contributed by atoms with van der Waals surface area (Å²) in [5.41, 5.74) is 0.386. The van der Waals surface area contributed by atoms with Crippen molar-refractivity contribution in [3.8, 4) is 39.9 Å². The van der Waals surface area contributed by atoms with Crippen molar-refractivity contribution in [3.05, 3.63) is 41.5 Å². The van der Waals surface area contributed by atoms with Crippen LogP contribution in [0.5, 0.6) is 28.7 Å². The lowest BCUT2D eigenvalue weighted by Gasteiger charge is -2.40. The molecule has 4 atom stereocenters. The van der Waals surface area contributed by atoms with E-state index >= 15 is 0 Å². The maximum absolute atomic E-state index is 14.0. The van der Waals surface area contributed by atoms with Crippen molar-refractivity contribution < 1.29 is 66.5 Å². The van der Waals surface area contributed by atoms with Gasteiger partial charge in [0, 0.05) is 32.1 Å². The molecular formula is C34H38O14. The van der Waals surface area contributed by atoms with E-state index in [1.165, 1.54) is 35.4 Å². The number of rotatable bonds is 12. The summed E-state index contributed by atoms with van der Waals surface area (Å²) in [7, 11) is 5.83. The molecule has 0 radical (unpaired) electrons. The first-order chi connectivity index (χ1) is 23.2. The predicted molar refractivity (Wildman–Crippen MR) is 168 cm³/mol. The minimum atomic E-state index is -1.33. The standard InChI is InChI=1S/C34H38O14/c1-8-42-32(36)27-26(18-10-11-21-24(12-18)46-16-45-21)19-13-22(38-4)23(39-5)14-20(19)29(28(27)33(37)43-9-2)48-34-31(47-17(3)35)30(41-7)25(40-6)15-44-34/h10-14,25,30-31,34H,8-9,15-16H2,1-7H3/t25-,30+,31-,34?/m1/s1. The van der Waals surface area contributed by atoms with Crippen molar-refractivity contribution in [1.82, 2.24) is 0 Å². The van der Waals surface area contributed by atoms with Crippen molar-refractivity contribution >= 4 is 28.7 Å². The predicted octanol–water partition coefficient (Wildman–Crippen LogP) is 4.30. The van der Waals surface area contributed by atoms with E-state index in [0.717, 1.165) is 0 Å². The fourth-order valence-corrected chi connectivity index (χ4v) is 5.83. The number of hydrogen-bond acceptors (Lipinski definition) is 14. The average Bonchev–Trinajstić information content (AvgIpc) is 3.55. The van der Waals surface area contributed by atoms with Gasteiger partial charge in [-0.05, 0) is 49.1 Å². The molecule has 0 aromatic heterocycles. The lowest BCUT2D eigenvalue weighted by Crippen LogP contribution is -2.57. The molecule has 2 heterocycles. The van der Waals surface area contributed by atoms with Crippen LogP contribution in [0.1, 0.15) is 41.5 Å². The maximum atomic E-state index is 14.0. The number of carbonyl (C=O) groups excluding carboxylic acids is 3. The van der Waals surface area contributed by atoms with Crippen molar-refractivity contribution in [2.24, 2.45) is 0 Å². The van der Waals surface area contributed by atoms with Crippen LogP contribution in [0.3, 0.4) is 0 Å². The molecule has 2 aliphatic rings. The lowest BCUT2D eigenvalue weighted by atomic mass is 9.88. The molecule has 1 fully saturated rings. The van der Waals surface area contributed by atoms with Crippen LogP contribution in [-0.2, 0) is 33.2 Å². The van der Waals surface area contributed by atoms with Crippen molar-refractivity contribution in [2.75, 3.05) is 55.1 Å². The molecular weight excluding hydrogens is 632 g/mol. The van der Waals surface area contributed by atoms with Gasteiger partial charge in [-0.25, -0.2) is 9.59 Å². The summed E-state index contributed by atoms with van der Waals surface area (Å²) < 4.78 is 62.9. The van der Waals surface area contributed by atoms with Crippen LogP contribution in [0.2, 0.25) is 0 Å². The Kier molecular flexibility index (Phi) is 10.8. The minimum absolute atomic E-state index is 0.00394. The van der Waals surface area contributed by atoms with Gasteiger partial charge in [-0.15, -0.1) is 0 Å². The lowest BCUT2D eigenvalue weighted by molar-refractivity contribution is -0.259. The number of fused-ring (bicyclic) bond motifs is 2. The fourth-order valence-electron chi connectivity index (χ4n) is 5.83. The Hall–Kier alpha value is -4.79. The molecule has 0 bridgehead atoms. The number of methoxy groups -OCH3 is 4. The highest BCUT2D eigenvalue weighted by Crippen LogP contribution is 2.48. The van der Waals surface area contributed by atoms with Gasteiger partial charge in [-0.3, -0.25) is 4.79 Å². The maximum Gasteiger partial charge on any atom is 0.342 e. The first-order valence-electron chi connectivity index (χ1n) is 15.2. The molecule has 14 nitrogen and oxygen atoms in total. The molecule has 3 aromatic rings. The van der Waals surface area contributed by atoms with Gasteiger partial charge in [0.2, 0.25) is 13.1 Å². The normalized spacial score (nSPS) is 19.8. The first-order valence-corrected chi connectivity index (χ1v) is 15.2. The fraction of sp³-hybridized carbons (Fsp3) is 0.441. The second-order valence-electron chi connectivity index (χ2n) is 10.6. The molecule has 2 aliphatic heterocycles. The topological polar surface area (TPSA) is 153 Å². The Balaban J connectivity index is 1.88. The van der Waals surface area contributed by atoms with E-state index in [2.05, 4.69) is 0 Å². The van der Waals surface area contributed by atoms with Crippen LogP contribution in [0.15, 0.2) is 30.3 Å². The van der Waals surface area contributed by atoms with E-state index < -0.39 is 42.5 Å². The molecule has 48 heavy (non-hydrogen) atoms. The summed E-state index contributed by atoms with van der Waals surface area (Å²) in [5, 5.41) is 0.722. The van der Waals surface area contributed by atoms with E-state index in [1.807, 2.05) is 0 Å². The summed E-state index contributed by atoms with van der Waals surface area (Å²) in [6.45, 7) is 4.48. The van der Waals surface area contributed by atoms with Gasteiger partial charge in [-0.1, -0.05) is 6.07 Å². The Morgan fingerprint density at radius 2 is 1.44 bits per heavy atom. The third kappa shape index (κ3) is 6.50. The number of esters is 3. The molecule has 14 heteroatoms. The zero-order valence-corrected chi connectivity index (χ0v) is 27.7. The summed E-state index contributed by atoms with van der Waals surface area (Å²) in [5.74, 6) is -0.901. The van der Waals surface area contributed by atoms with E-state index in [0.29, 0.717) is 44.9 Å². The third-order valence-electron chi connectivity index (χ3n) is 7.88. The molecule has 5 rings (SSSR count). The van der Waals surface area contributed by atoms with Crippen LogP contribution >= 0.6 is 0 Å². The molecule has 0 aliphatic carbocycles. The molecule has 0 N–H and O–H groups in total. The zero-order chi connectivity index (χ0) is 34.5. The molecule has 1 saturated heterocycles. The zero-order valence-electron chi connectivity index (χ0n) is 27.7. The Morgan fingerprint density at radius 1 is 0.792 bits per heavy atom. The molecule has 0 saturated carbocycles. The number of ether oxygens (including phenoxy) is 11. The van der Waals surface area contributed by atoms with Gasteiger partial charge in [-0.2, -0.15) is 0 Å². The minimum Gasteiger partial charge on any atom is -0.493 e. The summed E-state index contributed by atoms with van der Waals surface area (Å²) >= 11 is 0. The molecule has 258 valence electrons. The number of hydrogen-bond donors (Lipinski definition) is 0. The van der Waals surface area contributed by atoms with Gasteiger partial charge in [0.25, 0.3) is 0 Å². The van der Waals surface area contributed by atoms with Gasteiger partial charge < -0.3 is 52.1 Å². The number of carbonyl (C=O) groups is 3. The highest BCUT2D eigenvalue weighted by molar-refractivity contribution is 6.19. The van der Waals surface area contributed by atoms with E-state index in [-0.39, 0.29) is 43.5 Å². The van der Waals surface area contributed by atoms with Crippen LogP contribution in [0.25, 0.3) is 21.9 Å². The number of benzene rings is 3. The quantitative estimate of drug-likeness (QED) is 0.199. The Labute approximate surface area is 276 Å². The SMILES string of the molecule is CCOC(=O)c1c(C(=O)OCC)c(-c2ccc3c(c2)OCO3)c2cc(OC)c(OC)cc2c1OC1OC[C@@H](OC)[C@H](OC)[C@H]1OC(C)=O. The van der Waals surface area contributed by atoms with Gasteiger partial charge in [0.05, 0.1) is 39.6 Å². The smallest absolute Gasteiger partial charge is 0.342 e. The van der Waals surface area contributed by atoms with Crippen LogP contribution < -0.4 is 23.7 Å². The summed E-state index contributed by atoms with van der Waals surface area (Å²) in [4.78, 5) is 40.3. The summed E-state index contributed by atoms with van der Waals surface area (Å²) in [6, 6.07) is 8.38. The Bertz CT molecular complexity index is 1680. The second kappa shape index (κ2) is 15.0. The average molecular weight is 671 g/mol. The molecule has 3 aromatic carbocycles. The van der Waals surface area contributed by atoms with E-state index in [4.69, 9.17) is 52.1 Å². The monoisotopic (exact) mass is 670 g/mol. The van der Waals surface area contributed by atoms with E-state index in [1.54, 1.807) is 44.2 Å². The largest absolute Gasteiger partial charge is 0.493 e. The first kappa shape index (κ1) is 34.5. The van der Waals surface area contributed by atoms with Gasteiger partial charge in [0.1, 0.15) is 23.5 Å². The highest BCUT2D eigenvalue weighted by Gasteiger charge is 2.46. The van der Waals surface area contributed by atoms with Crippen molar-refractivity contribution in [1.29, 1.82) is 0 Å². The van der Waals surface area contributed by atoms with Gasteiger partial charge >= 0.3 is 17.9 Å². The van der Waals surface area contributed by atoms with Crippen LogP contribution in [0, 0.1) is 0 Å². The van der Waals surface area contributed by atoms with Crippen LogP contribution in [0.4, 0.5) is 0 Å². The molecule has 0 amide bonds. The summed E-state index contributed by atoms with van der Waals surface area (Å²) in [6.07, 6.45) is -3.92. The van der Waals surface area contributed by atoms with E-state index in [9.17, 15) is 14.4 Å². The Morgan fingerprint density at radius 3 is 2.04 bits per heavy atom. The second-order valence-corrected chi connectivity index (χ2v) is 10.6. The molecule has 1 unspecified atom stereocenters. The highest BCUT2D eigenvalue weighted by atomic mass is 16.7. The third-order valence-corrected chi connectivity index (χ3v) is 7.88. The van der Waals surface area contributed by atoms with Crippen molar-refractivity contribution in [2.45, 2.75) is 45.4 Å². The van der Waals surface area contributed by atoms with Crippen LogP contribution in [-0.4, -0.2) is 97.6 Å².